The van der Waals surface area contributed by atoms with E-state index in [1.165, 1.54) is 12.0 Å². The summed E-state index contributed by atoms with van der Waals surface area (Å²) in [7, 11) is 0.946. The largest absolute Gasteiger partial charge is 0.488 e. The van der Waals surface area contributed by atoms with Crippen LogP contribution in [0.3, 0.4) is 0 Å². The molecule has 0 radical (unpaired) electrons. The molecule has 2 unspecified atom stereocenters. The molecule has 0 spiro atoms. The molecule has 0 amide bonds. The Morgan fingerprint density at radius 3 is 2.00 bits per heavy atom. The van der Waals surface area contributed by atoms with E-state index in [2.05, 4.69) is 72.5 Å². The molecule has 20 heavy (non-hydrogen) atoms. The second-order valence-corrected chi connectivity index (χ2v) is 8.66. The minimum Gasteiger partial charge on any atom is -0.488 e. The van der Waals surface area contributed by atoms with E-state index in [9.17, 15) is 0 Å². The van der Waals surface area contributed by atoms with Crippen LogP contribution in [-0.2, 0) is 0 Å². The highest BCUT2D eigenvalue weighted by molar-refractivity contribution is 7.37. The number of hydrogen-bond acceptors (Lipinski definition) is 1. The normalized spacial score (nSPS) is 14.8. The van der Waals surface area contributed by atoms with E-state index in [0.717, 1.165) is 20.8 Å². The average molecular weight is 294 g/mol. The van der Waals surface area contributed by atoms with Gasteiger partial charge in [-0.15, -0.1) is 8.58 Å². The molecule has 2 atom stereocenters. The van der Waals surface area contributed by atoms with Gasteiger partial charge < -0.3 is 4.74 Å². The Morgan fingerprint density at radius 2 is 1.60 bits per heavy atom. The van der Waals surface area contributed by atoms with E-state index in [1.807, 2.05) is 0 Å². The van der Waals surface area contributed by atoms with Crippen LogP contribution in [-0.4, -0.2) is 12.3 Å². The summed E-state index contributed by atoms with van der Waals surface area (Å²) in [4.78, 5) is 0. The third kappa shape index (κ3) is 5.83. The van der Waals surface area contributed by atoms with Gasteiger partial charge in [-0.3, -0.25) is 0 Å². The van der Waals surface area contributed by atoms with Gasteiger partial charge in [0, 0.05) is 5.66 Å². The maximum absolute atomic E-state index is 6.02. The van der Waals surface area contributed by atoms with Gasteiger partial charge in [-0.25, -0.2) is 0 Å². The van der Waals surface area contributed by atoms with Gasteiger partial charge >= 0.3 is 0 Å². The molecule has 0 aliphatic rings. The van der Waals surface area contributed by atoms with Crippen molar-refractivity contribution >= 4 is 8.58 Å². The second-order valence-electron chi connectivity index (χ2n) is 7.39. The Kier molecular flexibility index (Phi) is 6.07. The average Bonchev–Trinajstić information content (AvgIpc) is 2.35. The lowest BCUT2D eigenvalue weighted by Gasteiger charge is -2.27. The molecule has 1 rings (SSSR count). The zero-order valence-electron chi connectivity index (χ0n) is 14.2. The molecule has 1 aromatic rings. The van der Waals surface area contributed by atoms with Crippen LogP contribution in [0.15, 0.2) is 24.3 Å². The quantitative estimate of drug-likeness (QED) is 0.581. The molecule has 0 fully saturated rings. The molecular weight excluding hydrogens is 263 g/mol. The molecule has 0 bridgehead atoms. The lowest BCUT2D eigenvalue weighted by atomic mass is 9.88. The molecule has 0 saturated carbocycles. The lowest BCUT2D eigenvalue weighted by Crippen LogP contribution is -2.26. The van der Waals surface area contributed by atoms with Gasteiger partial charge in [0.15, 0.2) is 0 Å². The first kappa shape index (κ1) is 17.5. The van der Waals surface area contributed by atoms with E-state index in [-0.39, 0.29) is 5.60 Å². The van der Waals surface area contributed by atoms with Gasteiger partial charge in [0.1, 0.15) is 11.4 Å². The molecule has 1 aromatic carbocycles. The third-order valence-corrected chi connectivity index (χ3v) is 4.93. The maximum Gasteiger partial charge on any atom is 0.120 e. The first-order valence-electron chi connectivity index (χ1n) is 7.63. The van der Waals surface area contributed by atoms with E-state index in [1.54, 1.807) is 0 Å². The van der Waals surface area contributed by atoms with Crippen LogP contribution in [0.2, 0.25) is 0 Å². The van der Waals surface area contributed by atoms with Gasteiger partial charge in [0.25, 0.3) is 0 Å². The molecule has 114 valence electrons. The molecule has 1 nitrogen and oxygen atoms in total. The minimum atomic E-state index is -0.0845. The van der Waals surface area contributed by atoms with Crippen molar-refractivity contribution in [3.8, 4) is 5.75 Å². The van der Waals surface area contributed by atoms with Crippen molar-refractivity contribution in [1.82, 2.24) is 0 Å². The summed E-state index contributed by atoms with van der Waals surface area (Å²) in [6, 6.07) is 8.74. The van der Waals surface area contributed by atoms with Crippen molar-refractivity contribution in [3.05, 3.63) is 29.8 Å². The fraction of sp³-hybridized carbons (Fsp3) is 0.667. The molecule has 0 saturated heterocycles. The van der Waals surface area contributed by atoms with E-state index in [0.29, 0.717) is 11.1 Å². The lowest BCUT2D eigenvalue weighted by molar-refractivity contribution is 0.105. The zero-order valence-corrected chi connectivity index (χ0v) is 15.2. The highest BCUT2D eigenvalue weighted by Crippen LogP contribution is 2.41. The summed E-state index contributed by atoms with van der Waals surface area (Å²) in [5, 5.41) is 0. The summed E-state index contributed by atoms with van der Waals surface area (Å²) in [5.74, 6) is 0.981. The number of rotatable bonds is 6. The van der Waals surface area contributed by atoms with Crippen LogP contribution in [0.25, 0.3) is 0 Å². The van der Waals surface area contributed by atoms with E-state index >= 15 is 0 Å². The molecule has 0 aliphatic heterocycles. The smallest absolute Gasteiger partial charge is 0.120 e. The summed E-state index contributed by atoms with van der Waals surface area (Å²) < 4.78 is 6.02. The predicted molar refractivity (Wildman–Crippen MR) is 92.5 cm³/mol. The summed E-state index contributed by atoms with van der Waals surface area (Å²) in [6.45, 7) is 15.7. The van der Waals surface area contributed by atoms with Crippen LogP contribution in [0, 0.1) is 5.41 Å². The topological polar surface area (TPSA) is 9.23 Å². The summed E-state index contributed by atoms with van der Waals surface area (Å²) in [6.07, 6.45) is 2.25. The van der Waals surface area contributed by atoms with Gasteiger partial charge in [0.2, 0.25) is 0 Å². The Bertz CT molecular complexity index is 400. The van der Waals surface area contributed by atoms with Crippen molar-refractivity contribution in [2.75, 3.05) is 6.66 Å². The van der Waals surface area contributed by atoms with Crippen LogP contribution >= 0.6 is 8.58 Å². The van der Waals surface area contributed by atoms with Crippen LogP contribution in [0.4, 0.5) is 0 Å². The van der Waals surface area contributed by atoms with Crippen LogP contribution in [0.1, 0.15) is 65.6 Å². The fourth-order valence-corrected chi connectivity index (χ4v) is 3.50. The minimum absolute atomic E-state index is 0.0845. The number of hydrogen-bond donors (Lipinski definition) is 0. The van der Waals surface area contributed by atoms with Crippen LogP contribution in [0.5, 0.6) is 5.75 Å². The highest BCUT2D eigenvalue weighted by Gasteiger charge is 2.20. The molecule has 2 heteroatoms. The first-order chi connectivity index (χ1) is 9.17. The first-order valence-corrected chi connectivity index (χ1v) is 9.21. The van der Waals surface area contributed by atoms with Crippen LogP contribution < -0.4 is 4.74 Å². The van der Waals surface area contributed by atoms with Gasteiger partial charge in [-0.05, 0) is 56.5 Å². The Balaban J connectivity index is 2.79. The van der Waals surface area contributed by atoms with E-state index < -0.39 is 0 Å². The summed E-state index contributed by atoms with van der Waals surface area (Å²) >= 11 is 0. The van der Waals surface area contributed by atoms with Crippen molar-refractivity contribution < 1.29 is 4.74 Å². The molecule has 0 aromatic heterocycles. The van der Waals surface area contributed by atoms with E-state index in [4.69, 9.17) is 4.74 Å². The molecular formula is C18H31OP. The molecule has 0 N–H and O–H groups in total. The number of ether oxygens (including phenoxy) is 1. The predicted octanol–water partition coefficient (Wildman–Crippen LogP) is 6.04. The van der Waals surface area contributed by atoms with Gasteiger partial charge in [-0.1, -0.05) is 39.8 Å². The third-order valence-electron chi connectivity index (χ3n) is 3.69. The maximum atomic E-state index is 6.02. The number of benzene rings is 1. The second kappa shape index (κ2) is 6.94. The SMILES string of the molecule is CCC(C)(C)Oc1ccc(C(CC(C)(C)C)PC)cc1. The fourth-order valence-electron chi connectivity index (χ4n) is 2.16. The standard InChI is InChI=1S/C18H31OP/c1-8-18(5,6)19-15-11-9-14(10-12-15)16(20-7)13-17(2,3)4/h9-12,16,20H,8,13H2,1-7H3. The Hall–Kier alpha value is -0.550. The monoisotopic (exact) mass is 294 g/mol. The van der Waals surface area contributed by atoms with Gasteiger partial charge in [-0.2, -0.15) is 0 Å². The van der Waals surface area contributed by atoms with Crippen molar-refractivity contribution in [1.29, 1.82) is 0 Å². The Morgan fingerprint density at radius 1 is 1.05 bits per heavy atom. The molecule has 0 heterocycles. The van der Waals surface area contributed by atoms with Crippen molar-refractivity contribution in [2.45, 2.75) is 65.6 Å². The zero-order chi connectivity index (χ0) is 15.4. The van der Waals surface area contributed by atoms with Crippen molar-refractivity contribution in [2.24, 2.45) is 5.41 Å². The highest BCUT2D eigenvalue weighted by atomic mass is 31.1. The molecule has 0 aliphatic carbocycles. The summed E-state index contributed by atoms with van der Waals surface area (Å²) in [5.41, 5.74) is 2.41. The van der Waals surface area contributed by atoms with Crippen molar-refractivity contribution in [3.63, 3.8) is 0 Å². The van der Waals surface area contributed by atoms with Gasteiger partial charge in [0.05, 0.1) is 0 Å². The Labute approximate surface area is 127 Å².